The molecular formula is C14H10Br2ClFO. The molecule has 0 aliphatic heterocycles. The van der Waals surface area contributed by atoms with E-state index in [0.717, 1.165) is 8.95 Å². The molecule has 2 rings (SSSR count). The van der Waals surface area contributed by atoms with E-state index in [1.807, 2.05) is 6.07 Å². The van der Waals surface area contributed by atoms with E-state index in [2.05, 4.69) is 31.9 Å². The lowest BCUT2D eigenvalue weighted by Crippen LogP contribution is -2.04. The van der Waals surface area contributed by atoms with E-state index in [4.69, 9.17) is 11.6 Å². The fraction of sp³-hybridized carbons (Fsp3) is 0.143. The summed E-state index contributed by atoms with van der Waals surface area (Å²) in [4.78, 5) is 0. The number of aliphatic hydroxyl groups is 1. The molecule has 0 aliphatic carbocycles. The summed E-state index contributed by atoms with van der Waals surface area (Å²) < 4.78 is 15.5. The Hall–Kier alpha value is -0.420. The number of benzene rings is 2. The fourth-order valence-corrected chi connectivity index (χ4v) is 3.32. The topological polar surface area (TPSA) is 20.2 Å². The number of halogens is 4. The highest BCUT2D eigenvalue weighted by Crippen LogP contribution is 2.28. The summed E-state index contributed by atoms with van der Waals surface area (Å²) in [7, 11) is 0. The minimum Gasteiger partial charge on any atom is -0.388 e. The van der Waals surface area contributed by atoms with Crippen LogP contribution in [0.15, 0.2) is 45.3 Å². The average Bonchev–Trinajstić information content (AvgIpc) is 2.33. The molecule has 0 heterocycles. The van der Waals surface area contributed by atoms with Gasteiger partial charge in [-0.2, -0.15) is 0 Å². The summed E-state index contributed by atoms with van der Waals surface area (Å²) in [6.45, 7) is 0. The molecule has 1 atom stereocenters. The van der Waals surface area contributed by atoms with E-state index in [-0.39, 0.29) is 11.4 Å². The van der Waals surface area contributed by atoms with E-state index in [1.165, 1.54) is 6.07 Å². The van der Waals surface area contributed by atoms with Crippen molar-refractivity contribution in [3.63, 3.8) is 0 Å². The van der Waals surface area contributed by atoms with Gasteiger partial charge in [-0.3, -0.25) is 0 Å². The monoisotopic (exact) mass is 406 g/mol. The first-order valence-electron chi connectivity index (χ1n) is 5.54. The fourth-order valence-electron chi connectivity index (χ4n) is 1.80. The number of hydrogen-bond acceptors (Lipinski definition) is 1. The van der Waals surface area contributed by atoms with E-state index in [0.29, 0.717) is 11.1 Å². The molecule has 1 N–H and O–H groups in total. The molecule has 0 aliphatic rings. The molecule has 1 nitrogen and oxygen atoms in total. The quantitative estimate of drug-likeness (QED) is 0.733. The lowest BCUT2D eigenvalue weighted by molar-refractivity contribution is 0.177. The zero-order valence-corrected chi connectivity index (χ0v) is 13.6. The smallest absolute Gasteiger partial charge is 0.145 e. The van der Waals surface area contributed by atoms with Crippen LogP contribution in [-0.4, -0.2) is 5.11 Å². The van der Waals surface area contributed by atoms with Gasteiger partial charge in [0.2, 0.25) is 0 Å². The van der Waals surface area contributed by atoms with Crippen LogP contribution in [0.25, 0.3) is 0 Å². The van der Waals surface area contributed by atoms with E-state index in [9.17, 15) is 9.50 Å². The highest BCUT2D eigenvalue weighted by atomic mass is 79.9. The van der Waals surface area contributed by atoms with Crippen LogP contribution in [-0.2, 0) is 6.42 Å². The van der Waals surface area contributed by atoms with Crippen LogP contribution in [0, 0.1) is 5.82 Å². The summed E-state index contributed by atoms with van der Waals surface area (Å²) in [6, 6.07) is 10.3. The van der Waals surface area contributed by atoms with Gasteiger partial charge in [-0.1, -0.05) is 55.6 Å². The maximum absolute atomic E-state index is 13.8. The van der Waals surface area contributed by atoms with E-state index >= 15 is 0 Å². The Bertz CT molecular complexity index is 584. The second-order valence-corrected chi connectivity index (χ2v) is 6.37. The minimum absolute atomic E-state index is 0.0696. The molecule has 0 saturated heterocycles. The molecule has 1 unspecified atom stereocenters. The Morgan fingerprint density at radius 3 is 2.42 bits per heavy atom. The Morgan fingerprint density at radius 1 is 1.16 bits per heavy atom. The molecule has 0 spiro atoms. The molecule has 0 amide bonds. The molecular weight excluding hydrogens is 398 g/mol. The van der Waals surface area contributed by atoms with E-state index in [1.54, 1.807) is 24.3 Å². The van der Waals surface area contributed by atoms with Gasteiger partial charge in [-0.15, -0.1) is 0 Å². The second-order valence-electron chi connectivity index (χ2n) is 4.14. The Kier molecular flexibility index (Phi) is 5.01. The van der Waals surface area contributed by atoms with Crippen LogP contribution in [0.2, 0.25) is 5.02 Å². The Morgan fingerprint density at radius 2 is 1.79 bits per heavy atom. The zero-order valence-electron chi connectivity index (χ0n) is 9.71. The van der Waals surface area contributed by atoms with Crippen molar-refractivity contribution >= 4 is 43.5 Å². The Balaban J connectivity index is 2.25. The highest BCUT2D eigenvalue weighted by molar-refractivity contribution is 9.11. The van der Waals surface area contributed by atoms with Crippen LogP contribution in [0.3, 0.4) is 0 Å². The largest absolute Gasteiger partial charge is 0.388 e. The molecule has 0 bridgehead atoms. The molecule has 0 aromatic heterocycles. The molecule has 2 aromatic rings. The van der Waals surface area contributed by atoms with Crippen LogP contribution >= 0.6 is 43.5 Å². The SMILES string of the molecule is OC(Cc1cccc(Cl)c1F)c1cc(Br)cc(Br)c1. The molecule has 19 heavy (non-hydrogen) atoms. The third-order valence-corrected chi connectivity index (χ3v) is 3.92. The highest BCUT2D eigenvalue weighted by Gasteiger charge is 2.14. The lowest BCUT2D eigenvalue weighted by Gasteiger charge is -2.13. The number of hydrogen-bond donors (Lipinski definition) is 1. The summed E-state index contributed by atoms with van der Waals surface area (Å²) in [6.07, 6.45) is -0.614. The van der Waals surface area contributed by atoms with Gasteiger partial charge in [0, 0.05) is 15.4 Å². The summed E-state index contributed by atoms with van der Waals surface area (Å²) in [5, 5.41) is 10.3. The molecule has 2 aromatic carbocycles. The van der Waals surface area contributed by atoms with Gasteiger partial charge >= 0.3 is 0 Å². The molecule has 0 fully saturated rings. The van der Waals surface area contributed by atoms with Crippen LogP contribution < -0.4 is 0 Å². The van der Waals surface area contributed by atoms with Gasteiger partial charge in [0.1, 0.15) is 5.82 Å². The van der Waals surface area contributed by atoms with Crippen LogP contribution in [0.4, 0.5) is 4.39 Å². The third-order valence-electron chi connectivity index (χ3n) is 2.71. The van der Waals surface area contributed by atoms with Crippen molar-refractivity contribution in [3.05, 3.63) is 67.3 Å². The standard InChI is InChI=1S/C14H10Br2ClFO/c15-10-4-9(5-11(16)7-10)13(19)6-8-2-1-3-12(17)14(8)18/h1-5,7,13,19H,6H2. The molecule has 0 saturated carbocycles. The number of rotatable bonds is 3. The van der Waals surface area contributed by atoms with Crippen molar-refractivity contribution in [2.24, 2.45) is 0 Å². The van der Waals surface area contributed by atoms with E-state index < -0.39 is 11.9 Å². The average molecular weight is 408 g/mol. The minimum atomic E-state index is -0.790. The first-order chi connectivity index (χ1) is 8.97. The summed E-state index contributed by atoms with van der Waals surface area (Å²) in [5.41, 5.74) is 1.11. The van der Waals surface area contributed by atoms with Crippen LogP contribution in [0.1, 0.15) is 17.2 Å². The summed E-state index contributed by atoms with van der Waals surface area (Å²) >= 11 is 12.4. The maximum atomic E-state index is 13.8. The van der Waals surface area contributed by atoms with Crippen molar-refractivity contribution < 1.29 is 9.50 Å². The van der Waals surface area contributed by atoms with Crippen molar-refractivity contribution in [2.75, 3.05) is 0 Å². The molecule has 0 radical (unpaired) electrons. The normalized spacial score (nSPS) is 12.5. The predicted octanol–water partition coefficient (Wildman–Crippen LogP) is 5.28. The van der Waals surface area contributed by atoms with Crippen molar-refractivity contribution in [2.45, 2.75) is 12.5 Å². The first-order valence-corrected chi connectivity index (χ1v) is 7.50. The Labute approximate surface area is 132 Å². The van der Waals surface area contributed by atoms with Gasteiger partial charge in [0.05, 0.1) is 11.1 Å². The predicted molar refractivity (Wildman–Crippen MR) is 81.9 cm³/mol. The van der Waals surface area contributed by atoms with Gasteiger partial charge in [-0.25, -0.2) is 4.39 Å². The van der Waals surface area contributed by atoms with Gasteiger partial charge < -0.3 is 5.11 Å². The van der Waals surface area contributed by atoms with Gasteiger partial charge in [0.25, 0.3) is 0 Å². The summed E-state index contributed by atoms with van der Waals surface area (Å²) in [5.74, 6) is -0.475. The van der Waals surface area contributed by atoms with Gasteiger partial charge in [0.15, 0.2) is 0 Å². The first kappa shape index (κ1) is 15.0. The van der Waals surface area contributed by atoms with Gasteiger partial charge in [-0.05, 0) is 35.4 Å². The lowest BCUT2D eigenvalue weighted by atomic mass is 10.0. The maximum Gasteiger partial charge on any atom is 0.145 e. The molecule has 100 valence electrons. The van der Waals surface area contributed by atoms with Crippen molar-refractivity contribution in [3.8, 4) is 0 Å². The van der Waals surface area contributed by atoms with Crippen LogP contribution in [0.5, 0.6) is 0 Å². The van der Waals surface area contributed by atoms with Crippen molar-refractivity contribution in [1.29, 1.82) is 0 Å². The van der Waals surface area contributed by atoms with Crippen molar-refractivity contribution in [1.82, 2.24) is 0 Å². The zero-order chi connectivity index (χ0) is 14.0. The number of aliphatic hydroxyl groups excluding tert-OH is 1. The third kappa shape index (κ3) is 3.78. The molecule has 5 heteroatoms. The second kappa shape index (κ2) is 6.35.